The molecule has 24 heavy (non-hydrogen) atoms. The van der Waals surface area contributed by atoms with E-state index in [0.29, 0.717) is 10.6 Å². The van der Waals surface area contributed by atoms with E-state index >= 15 is 0 Å². The lowest BCUT2D eigenvalue weighted by Crippen LogP contribution is -2.25. The van der Waals surface area contributed by atoms with E-state index in [9.17, 15) is 9.90 Å². The summed E-state index contributed by atoms with van der Waals surface area (Å²) in [6, 6.07) is 7.60. The molecule has 4 rings (SSSR count). The summed E-state index contributed by atoms with van der Waals surface area (Å²) in [6.07, 6.45) is 0.847. The fourth-order valence-electron chi connectivity index (χ4n) is 3.28. The molecule has 0 aliphatic carbocycles. The third-order valence-corrected chi connectivity index (χ3v) is 5.47. The van der Waals surface area contributed by atoms with E-state index in [2.05, 4.69) is 5.32 Å². The van der Waals surface area contributed by atoms with Crippen LogP contribution in [-0.2, 0) is 13.0 Å². The van der Waals surface area contributed by atoms with Gasteiger partial charge in [-0.1, -0.05) is 6.07 Å². The molecule has 4 N–H and O–H groups in total. The van der Waals surface area contributed by atoms with Gasteiger partial charge in [0.1, 0.15) is 9.71 Å². The molecule has 0 atom stereocenters. The Labute approximate surface area is 143 Å². The van der Waals surface area contributed by atoms with Gasteiger partial charge in [-0.25, -0.2) is 9.78 Å². The number of anilines is 1. The molecule has 3 heterocycles. The number of nitrogens with zero attached hydrogens (tertiary/aromatic N) is 1. The Bertz CT molecular complexity index is 978. The van der Waals surface area contributed by atoms with Crippen molar-refractivity contribution in [2.45, 2.75) is 19.9 Å². The van der Waals surface area contributed by atoms with Gasteiger partial charge in [-0.3, -0.25) is 0 Å². The van der Waals surface area contributed by atoms with Crippen molar-refractivity contribution in [3.05, 3.63) is 46.0 Å². The number of hydrogen-bond donors (Lipinski definition) is 3. The molecule has 2 aromatic heterocycles. The molecule has 5 nitrogen and oxygen atoms in total. The quantitative estimate of drug-likeness (QED) is 0.624. The van der Waals surface area contributed by atoms with Crippen LogP contribution in [-0.4, -0.2) is 22.6 Å². The van der Waals surface area contributed by atoms with Gasteiger partial charge in [0.05, 0.1) is 0 Å². The van der Waals surface area contributed by atoms with Gasteiger partial charge < -0.3 is 16.2 Å². The van der Waals surface area contributed by atoms with Crippen LogP contribution >= 0.6 is 11.3 Å². The van der Waals surface area contributed by atoms with Gasteiger partial charge in [-0.05, 0) is 47.4 Å². The molecule has 1 aliphatic heterocycles. The largest absolute Gasteiger partial charge is 0.477 e. The lowest BCUT2D eigenvalue weighted by Gasteiger charge is -2.21. The molecule has 0 amide bonds. The third-order valence-electron chi connectivity index (χ3n) is 4.45. The second-order valence-electron chi connectivity index (χ2n) is 6.05. The number of nitrogens with two attached hydrogens (primary N) is 1. The van der Waals surface area contributed by atoms with Gasteiger partial charge in [0.25, 0.3) is 0 Å². The number of carbonyl (C=O) groups is 1. The Balaban J connectivity index is 2.11. The normalized spacial score (nSPS) is 13.9. The van der Waals surface area contributed by atoms with E-state index in [1.54, 1.807) is 6.07 Å². The van der Waals surface area contributed by atoms with Crippen LogP contribution in [0.1, 0.15) is 26.5 Å². The summed E-state index contributed by atoms with van der Waals surface area (Å²) < 4.78 is 0. The Kier molecular flexibility index (Phi) is 3.51. The van der Waals surface area contributed by atoms with E-state index in [0.717, 1.165) is 57.7 Å². The number of aryl methyl sites for hydroxylation is 1. The lowest BCUT2D eigenvalue weighted by atomic mass is 9.90. The number of carboxylic acid groups (broad SMARTS) is 1. The molecule has 122 valence electrons. The van der Waals surface area contributed by atoms with Gasteiger partial charge in [0.15, 0.2) is 0 Å². The number of pyridine rings is 1. The monoisotopic (exact) mass is 339 g/mol. The van der Waals surface area contributed by atoms with Crippen LogP contribution in [0.25, 0.3) is 21.3 Å². The molecule has 6 heteroatoms. The number of rotatable bonds is 2. The molecular formula is C18H17N3O2S. The molecule has 0 spiro atoms. The zero-order chi connectivity index (χ0) is 16.8. The maximum absolute atomic E-state index is 11.4. The standard InChI is InChI=1S/C18H17N3O2S/c1-9-2-3-10(19)6-11(9)16-12-7-15(18(22)23)24-17(12)21-14-4-5-20-8-13(14)16/h2-3,6-7,20H,4-5,8,19H2,1H3,(H,22,23). The molecule has 1 aliphatic rings. The van der Waals surface area contributed by atoms with Crippen LogP contribution in [0, 0.1) is 6.92 Å². The van der Waals surface area contributed by atoms with Crippen molar-refractivity contribution >= 4 is 33.2 Å². The highest BCUT2D eigenvalue weighted by Crippen LogP contribution is 2.39. The van der Waals surface area contributed by atoms with Crippen molar-refractivity contribution in [2.75, 3.05) is 12.3 Å². The van der Waals surface area contributed by atoms with Gasteiger partial charge in [-0.2, -0.15) is 0 Å². The molecule has 0 bridgehead atoms. The van der Waals surface area contributed by atoms with Crippen LogP contribution in [0.3, 0.4) is 0 Å². The van der Waals surface area contributed by atoms with Crippen molar-refractivity contribution in [2.24, 2.45) is 0 Å². The first-order valence-electron chi connectivity index (χ1n) is 7.80. The summed E-state index contributed by atoms with van der Waals surface area (Å²) in [6.45, 7) is 3.67. The Morgan fingerprint density at radius 2 is 2.21 bits per heavy atom. The summed E-state index contributed by atoms with van der Waals surface area (Å²) in [7, 11) is 0. The first kappa shape index (κ1) is 15.1. The summed E-state index contributed by atoms with van der Waals surface area (Å²) >= 11 is 1.23. The Morgan fingerprint density at radius 3 is 3.00 bits per heavy atom. The number of nitrogen functional groups attached to an aromatic ring is 1. The number of aromatic nitrogens is 1. The van der Waals surface area contributed by atoms with E-state index < -0.39 is 5.97 Å². The maximum atomic E-state index is 11.4. The average molecular weight is 339 g/mol. The summed E-state index contributed by atoms with van der Waals surface area (Å²) in [5.41, 5.74) is 12.2. The van der Waals surface area contributed by atoms with Crippen LogP contribution in [0.15, 0.2) is 24.3 Å². The number of fused-ring (bicyclic) bond motifs is 2. The number of nitrogens with one attached hydrogen (secondary N) is 1. The average Bonchev–Trinajstić information content (AvgIpc) is 2.99. The van der Waals surface area contributed by atoms with Gasteiger partial charge in [0.2, 0.25) is 0 Å². The summed E-state index contributed by atoms with van der Waals surface area (Å²) in [5.74, 6) is -0.913. The molecule has 1 aromatic carbocycles. The summed E-state index contributed by atoms with van der Waals surface area (Å²) in [4.78, 5) is 17.2. The second-order valence-corrected chi connectivity index (χ2v) is 7.08. The van der Waals surface area contributed by atoms with Gasteiger partial charge >= 0.3 is 5.97 Å². The minimum absolute atomic E-state index is 0.315. The first-order valence-corrected chi connectivity index (χ1v) is 8.62. The van der Waals surface area contributed by atoms with Crippen molar-refractivity contribution in [1.29, 1.82) is 0 Å². The highest BCUT2D eigenvalue weighted by atomic mass is 32.1. The predicted octanol–water partition coefficient (Wildman–Crippen LogP) is 3.20. The van der Waals surface area contributed by atoms with Crippen LogP contribution in [0.5, 0.6) is 0 Å². The molecule has 3 aromatic rings. The number of benzene rings is 1. The van der Waals surface area contributed by atoms with Crippen LogP contribution in [0.4, 0.5) is 5.69 Å². The molecule has 0 saturated carbocycles. The lowest BCUT2D eigenvalue weighted by molar-refractivity contribution is 0.0702. The van der Waals surface area contributed by atoms with Gasteiger partial charge in [0, 0.05) is 36.3 Å². The molecule has 0 saturated heterocycles. The number of aromatic carboxylic acids is 1. The number of hydrogen-bond acceptors (Lipinski definition) is 5. The molecular weight excluding hydrogens is 322 g/mol. The van der Waals surface area contributed by atoms with Crippen molar-refractivity contribution in [3.8, 4) is 11.1 Å². The van der Waals surface area contributed by atoms with Crippen LogP contribution in [0.2, 0.25) is 0 Å². The molecule has 0 fully saturated rings. The Morgan fingerprint density at radius 1 is 1.38 bits per heavy atom. The SMILES string of the molecule is Cc1ccc(N)cc1-c1c2c(nc3sc(C(=O)O)cc13)CCNC2. The van der Waals surface area contributed by atoms with E-state index in [1.807, 2.05) is 25.1 Å². The molecule has 0 radical (unpaired) electrons. The summed E-state index contributed by atoms with van der Waals surface area (Å²) in [5, 5.41) is 13.7. The fourth-order valence-corrected chi connectivity index (χ4v) is 4.18. The Hall–Kier alpha value is -2.44. The minimum Gasteiger partial charge on any atom is -0.477 e. The third kappa shape index (κ3) is 2.35. The van der Waals surface area contributed by atoms with E-state index in [-0.39, 0.29) is 0 Å². The highest BCUT2D eigenvalue weighted by Gasteiger charge is 2.22. The highest BCUT2D eigenvalue weighted by molar-refractivity contribution is 7.20. The predicted molar refractivity (Wildman–Crippen MR) is 96.6 cm³/mol. The maximum Gasteiger partial charge on any atom is 0.345 e. The van der Waals surface area contributed by atoms with E-state index in [1.165, 1.54) is 11.3 Å². The second kappa shape index (κ2) is 5.58. The first-order chi connectivity index (χ1) is 11.5. The fraction of sp³-hybridized carbons (Fsp3) is 0.222. The smallest absolute Gasteiger partial charge is 0.345 e. The topological polar surface area (TPSA) is 88.2 Å². The van der Waals surface area contributed by atoms with Crippen molar-refractivity contribution < 1.29 is 9.90 Å². The number of carboxylic acids is 1. The minimum atomic E-state index is -0.913. The van der Waals surface area contributed by atoms with E-state index in [4.69, 9.17) is 10.7 Å². The molecule has 0 unspecified atom stereocenters. The zero-order valence-electron chi connectivity index (χ0n) is 13.2. The van der Waals surface area contributed by atoms with Crippen molar-refractivity contribution in [3.63, 3.8) is 0 Å². The number of thiophene rings is 1. The van der Waals surface area contributed by atoms with Crippen molar-refractivity contribution in [1.82, 2.24) is 10.3 Å². The van der Waals surface area contributed by atoms with Crippen LogP contribution < -0.4 is 11.1 Å². The zero-order valence-corrected chi connectivity index (χ0v) is 14.0. The van der Waals surface area contributed by atoms with Gasteiger partial charge in [-0.15, -0.1) is 11.3 Å².